The molecular weight excluding hydrogens is 336 g/mol. The van der Waals surface area contributed by atoms with Crippen molar-refractivity contribution in [3.8, 4) is 5.75 Å². The number of likely N-dealkylation sites (tertiary alicyclic amines) is 1. The van der Waals surface area contributed by atoms with Crippen LogP contribution < -0.4 is 21.1 Å². The van der Waals surface area contributed by atoms with Crippen molar-refractivity contribution in [3.63, 3.8) is 0 Å². The lowest BCUT2D eigenvalue weighted by Crippen LogP contribution is -2.29. The van der Waals surface area contributed by atoms with Crippen LogP contribution in [0.3, 0.4) is 0 Å². The van der Waals surface area contributed by atoms with E-state index in [0.717, 1.165) is 37.4 Å². The molecule has 152 valence electrons. The van der Waals surface area contributed by atoms with Crippen molar-refractivity contribution in [2.75, 3.05) is 50.9 Å². The number of nitrogens with zero attached hydrogens (tertiary/aromatic N) is 1. The molecule has 0 saturated carbocycles. The molecule has 1 fully saturated rings. The first-order valence-electron chi connectivity index (χ1n) is 10.6. The zero-order valence-corrected chi connectivity index (χ0v) is 17.2. The van der Waals surface area contributed by atoms with Crippen molar-refractivity contribution in [1.29, 1.82) is 0 Å². The number of nitrogens with two attached hydrogens (primary N) is 1. The molecule has 5 heteroatoms. The molecule has 1 aliphatic heterocycles. The summed E-state index contributed by atoms with van der Waals surface area (Å²) in [7, 11) is 1.65. The summed E-state index contributed by atoms with van der Waals surface area (Å²) in [5.41, 5.74) is 9.02. The number of anilines is 2. The molecule has 0 atom stereocenters. The van der Waals surface area contributed by atoms with Gasteiger partial charge in [0, 0.05) is 37.1 Å². The molecule has 27 heavy (non-hydrogen) atoms. The quantitative estimate of drug-likeness (QED) is 0.356. The van der Waals surface area contributed by atoms with Crippen LogP contribution in [0.2, 0.25) is 0 Å². The third-order valence-corrected chi connectivity index (χ3v) is 5.11. The Morgan fingerprint density at radius 3 is 2.74 bits per heavy atom. The van der Waals surface area contributed by atoms with Crippen LogP contribution in [0.4, 0.5) is 11.4 Å². The van der Waals surface area contributed by atoms with E-state index in [4.69, 9.17) is 10.5 Å². The summed E-state index contributed by atoms with van der Waals surface area (Å²) >= 11 is 0. The zero-order valence-electron chi connectivity index (χ0n) is 17.2. The maximum atomic E-state index is 5.85. The minimum absolute atomic E-state index is 0.676. The van der Waals surface area contributed by atoms with Crippen LogP contribution in [0, 0.1) is 0 Å². The van der Waals surface area contributed by atoms with Crippen molar-refractivity contribution in [3.05, 3.63) is 30.0 Å². The van der Waals surface area contributed by atoms with Gasteiger partial charge in [0.05, 0.1) is 12.8 Å². The number of nitrogen functional groups attached to an aromatic ring is 1. The summed E-state index contributed by atoms with van der Waals surface area (Å²) in [6.45, 7) is 8.00. The minimum Gasteiger partial charge on any atom is -0.495 e. The van der Waals surface area contributed by atoms with Gasteiger partial charge < -0.3 is 26.0 Å². The highest BCUT2D eigenvalue weighted by atomic mass is 16.5. The number of benzene rings is 1. The van der Waals surface area contributed by atoms with Crippen LogP contribution >= 0.6 is 0 Å². The Morgan fingerprint density at radius 1 is 1.19 bits per heavy atom. The normalized spacial score (nSPS) is 15.1. The predicted molar refractivity (Wildman–Crippen MR) is 116 cm³/mol. The summed E-state index contributed by atoms with van der Waals surface area (Å²) in [4.78, 5) is 2.56. The van der Waals surface area contributed by atoms with E-state index in [9.17, 15) is 0 Å². The smallest absolute Gasteiger partial charge is 0.143 e. The SMILES string of the molecule is CC/C=C(/CCCCCNc1ccc(N)c(OC)c1)NCCN1CCCC1. The molecule has 0 aromatic heterocycles. The molecule has 5 nitrogen and oxygen atoms in total. The molecule has 1 heterocycles. The first kappa shape index (κ1) is 21.4. The zero-order chi connectivity index (χ0) is 19.3. The highest BCUT2D eigenvalue weighted by molar-refractivity contribution is 5.61. The lowest BCUT2D eigenvalue weighted by atomic mass is 10.1. The van der Waals surface area contributed by atoms with E-state index in [0.29, 0.717) is 5.69 Å². The monoisotopic (exact) mass is 374 g/mol. The van der Waals surface area contributed by atoms with Gasteiger partial charge in [0.25, 0.3) is 0 Å². The first-order chi connectivity index (χ1) is 13.2. The summed E-state index contributed by atoms with van der Waals surface area (Å²) in [5, 5.41) is 7.11. The number of unbranched alkanes of at least 4 members (excludes halogenated alkanes) is 2. The average molecular weight is 375 g/mol. The van der Waals surface area contributed by atoms with Crippen LogP contribution in [0.15, 0.2) is 30.0 Å². The minimum atomic E-state index is 0.676. The van der Waals surface area contributed by atoms with Crippen molar-refractivity contribution >= 4 is 11.4 Å². The van der Waals surface area contributed by atoms with Gasteiger partial charge in [-0.15, -0.1) is 0 Å². The molecule has 4 N–H and O–H groups in total. The molecule has 0 radical (unpaired) electrons. The van der Waals surface area contributed by atoms with Crippen LogP contribution in [-0.2, 0) is 0 Å². The van der Waals surface area contributed by atoms with Crippen LogP contribution in [0.1, 0.15) is 51.9 Å². The highest BCUT2D eigenvalue weighted by Crippen LogP contribution is 2.24. The second-order valence-corrected chi connectivity index (χ2v) is 7.31. The summed E-state index contributed by atoms with van der Waals surface area (Å²) < 4.78 is 5.26. The Morgan fingerprint density at radius 2 is 2.00 bits per heavy atom. The molecule has 0 unspecified atom stereocenters. The van der Waals surface area contributed by atoms with Gasteiger partial charge in [0.1, 0.15) is 5.75 Å². The molecule has 1 aromatic carbocycles. The molecule has 2 rings (SSSR count). The van der Waals surface area contributed by atoms with Crippen LogP contribution in [-0.4, -0.2) is 44.7 Å². The van der Waals surface area contributed by atoms with Gasteiger partial charge in [0.15, 0.2) is 0 Å². The Balaban J connectivity index is 1.57. The maximum absolute atomic E-state index is 5.85. The van der Waals surface area contributed by atoms with Crippen LogP contribution in [0.25, 0.3) is 0 Å². The maximum Gasteiger partial charge on any atom is 0.143 e. The van der Waals surface area contributed by atoms with E-state index in [2.05, 4.69) is 28.5 Å². The Bertz CT molecular complexity index is 567. The topological polar surface area (TPSA) is 62.6 Å². The Kier molecular flexibility index (Phi) is 9.91. The third-order valence-electron chi connectivity index (χ3n) is 5.11. The fraction of sp³-hybridized carbons (Fsp3) is 0.636. The number of methoxy groups -OCH3 is 1. The Hall–Kier alpha value is -1.88. The second kappa shape index (κ2) is 12.5. The molecular formula is C22H38N4O. The van der Waals surface area contributed by atoms with Gasteiger partial charge >= 0.3 is 0 Å². The van der Waals surface area contributed by atoms with E-state index in [1.54, 1.807) is 7.11 Å². The fourth-order valence-corrected chi connectivity index (χ4v) is 3.56. The predicted octanol–water partition coefficient (Wildman–Crippen LogP) is 4.23. The van der Waals surface area contributed by atoms with Crippen LogP contribution in [0.5, 0.6) is 5.75 Å². The van der Waals surface area contributed by atoms with Gasteiger partial charge in [-0.3, -0.25) is 0 Å². The third kappa shape index (κ3) is 8.12. The molecule has 1 aliphatic rings. The second-order valence-electron chi connectivity index (χ2n) is 7.31. The van der Waals surface area contributed by atoms with Crippen molar-refractivity contribution < 1.29 is 4.74 Å². The van der Waals surface area contributed by atoms with Gasteiger partial charge in [0.2, 0.25) is 0 Å². The van der Waals surface area contributed by atoms with E-state index >= 15 is 0 Å². The van der Waals surface area contributed by atoms with E-state index in [-0.39, 0.29) is 0 Å². The molecule has 0 spiro atoms. The Labute approximate surface area is 165 Å². The van der Waals surface area contributed by atoms with Gasteiger partial charge in [-0.1, -0.05) is 19.4 Å². The fourth-order valence-electron chi connectivity index (χ4n) is 3.56. The van der Waals surface area contributed by atoms with Gasteiger partial charge in [-0.05, 0) is 63.7 Å². The molecule has 0 aliphatic carbocycles. The molecule has 1 saturated heterocycles. The van der Waals surface area contributed by atoms with Crippen molar-refractivity contribution in [2.45, 2.75) is 51.9 Å². The molecule has 0 amide bonds. The van der Waals surface area contributed by atoms with Crippen molar-refractivity contribution in [1.82, 2.24) is 10.2 Å². The molecule has 1 aromatic rings. The molecule has 0 bridgehead atoms. The summed E-state index contributed by atoms with van der Waals surface area (Å²) in [6.07, 6.45) is 11.0. The number of nitrogens with one attached hydrogen (secondary N) is 2. The highest BCUT2D eigenvalue weighted by Gasteiger charge is 2.10. The lowest BCUT2D eigenvalue weighted by molar-refractivity contribution is 0.339. The largest absolute Gasteiger partial charge is 0.495 e. The number of hydrogen-bond acceptors (Lipinski definition) is 5. The lowest BCUT2D eigenvalue weighted by Gasteiger charge is -2.17. The van der Waals surface area contributed by atoms with E-state index < -0.39 is 0 Å². The van der Waals surface area contributed by atoms with Gasteiger partial charge in [-0.2, -0.15) is 0 Å². The number of allylic oxidation sites excluding steroid dienone is 2. The number of rotatable bonds is 13. The summed E-state index contributed by atoms with van der Waals surface area (Å²) in [6, 6.07) is 5.85. The van der Waals surface area contributed by atoms with E-state index in [1.807, 2.05) is 18.2 Å². The average Bonchev–Trinajstić information content (AvgIpc) is 3.19. The van der Waals surface area contributed by atoms with Gasteiger partial charge in [-0.25, -0.2) is 0 Å². The standard InChI is InChI=1S/C22H38N4O/c1-3-9-19(25-14-17-26-15-7-8-16-26)10-5-4-6-13-24-20-11-12-21(23)22(18-20)27-2/h9,11-12,18,24-25H,3-8,10,13-17,23H2,1-2H3/b19-9-. The number of ether oxygens (including phenoxy) is 1. The van der Waals surface area contributed by atoms with E-state index in [1.165, 1.54) is 57.4 Å². The summed E-state index contributed by atoms with van der Waals surface area (Å²) in [5.74, 6) is 0.731. The first-order valence-corrected chi connectivity index (χ1v) is 10.6. The number of hydrogen-bond donors (Lipinski definition) is 3. The van der Waals surface area contributed by atoms with Crippen molar-refractivity contribution in [2.24, 2.45) is 0 Å².